The zero-order chi connectivity index (χ0) is 6.24. The highest BCUT2D eigenvalue weighted by Gasteiger charge is 1.78. The van der Waals surface area contributed by atoms with Gasteiger partial charge in [0.2, 0.25) is 0 Å². The fourth-order valence-corrected chi connectivity index (χ4v) is 0.573. The van der Waals surface area contributed by atoms with Crippen LogP contribution in [0.5, 0.6) is 0 Å². The summed E-state index contributed by atoms with van der Waals surface area (Å²) >= 11 is 0. The van der Waals surface area contributed by atoms with Crippen LogP contribution >= 0.6 is 0 Å². The van der Waals surface area contributed by atoms with Crippen LogP contribution in [0, 0.1) is 0 Å². The van der Waals surface area contributed by atoms with Crippen molar-refractivity contribution in [2.24, 2.45) is 5.73 Å². The number of hydrogen-bond donors (Lipinski definition) is 1. The molecule has 0 aliphatic heterocycles. The number of unbranched alkanes of at least 4 members (excludes halogenated alkanes) is 2. The summed E-state index contributed by atoms with van der Waals surface area (Å²) in [7, 11) is 0. The van der Waals surface area contributed by atoms with Gasteiger partial charge in [-0.1, -0.05) is 12.2 Å². The molecule has 1 heteroatoms. The Balaban J connectivity index is 2.72. The van der Waals surface area contributed by atoms with Gasteiger partial charge in [0.05, 0.1) is 0 Å². The van der Waals surface area contributed by atoms with Crippen molar-refractivity contribution in [1.29, 1.82) is 0 Å². The molecule has 0 rings (SSSR count). The Hall–Kier alpha value is -0.300. The zero-order valence-corrected chi connectivity index (χ0v) is 5.56. The molecule has 0 saturated carbocycles. The van der Waals surface area contributed by atoms with Gasteiger partial charge in [0, 0.05) is 0 Å². The van der Waals surface area contributed by atoms with Gasteiger partial charge >= 0.3 is 0 Å². The normalized spacial score (nSPS) is 10.8. The molecule has 0 unspecified atom stereocenters. The Kier molecular flexibility index (Phi) is 6.45. The molecule has 0 aliphatic carbocycles. The third-order valence-electron chi connectivity index (χ3n) is 1.06. The average molecular weight is 113 g/mol. The molecule has 0 saturated heterocycles. The highest BCUT2D eigenvalue weighted by Crippen LogP contribution is 1.93. The molecule has 0 bridgehead atoms. The van der Waals surface area contributed by atoms with Crippen LogP contribution in [-0.2, 0) is 0 Å². The van der Waals surface area contributed by atoms with Gasteiger partial charge in [-0.2, -0.15) is 0 Å². The molecule has 0 radical (unpaired) electrons. The topological polar surface area (TPSA) is 26.0 Å². The Morgan fingerprint density at radius 2 is 2.12 bits per heavy atom. The number of allylic oxidation sites excluding steroid dienone is 2. The second kappa shape index (κ2) is 6.70. The van der Waals surface area contributed by atoms with E-state index in [2.05, 4.69) is 12.2 Å². The van der Waals surface area contributed by atoms with Gasteiger partial charge in [-0.3, -0.25) is 0 Å². The lowest BCUT2D eigenvalue weighted by Crippen LogP contribution is -1.96. The van der Waals surface area contributed by atoms with Crippen LogP contribution in [0.4, 0.5) is 0 Å². The molecule has 0 spiro atoms. The molecule has 0 heterocycles. The average Bonchev–Trinajstić information content (AvgIpc) is 1.81. The van der Waals surface area contributed by atoms with E-state index < -0.39 is 0 Å². The third kappa shape index (κ3) is 5.70. The molecule has 0 aromatic rings. The fraction of sp³-hybridized carbons (Fsp3) is 0.714. The molecule has 0 fully saturated rings. The van der Waals surface area contributed by atoms with Gasteiger partial charge in [-0.25, -0.2) is 0 Å². The predicted octanol–water partition coefficient (Wildman–Crippen LogP) is 1.69. The van der Waals surface area contributed by atoms with E-state index in [1.807, 2.05) is 6.92 Å². The summed E-state index contributed by atoms with van der Waals surface area (Å²) < 4.78 is 0. The summed E-state index contributed by atoms with van der Waals surface area (Å²) in [6.45, 7) is 2.88. The molecule has 0 aromatic heterocycles. The lowest BCUT2D eigenvalue weighted by Gasteiger charge is -1.89. The second-order valence-corrected chi connectivity index (χ2v) is 1.85. The Morgan fingerprint density at radius 1 is 1.38 bits per heavy atom. The summed E-state index contributed by atoms with van der Waals surface area (Å²) in [6.07, 6.45) is 7.84. The van der Waals surface area contributed by atoms with Crippen LogP contribution < -0.4 is 5.73 Å². The van der Waals surface area contributed by atoms with E-state index in [0.29, 0.717) is 0 Å². The van der Waals surface area contributed by atoms with Crippen molar-refractivity contribution in [1.82, 2.24) is 0 Å². The van der Waals surface area contributed by atoms with Crippen molar-refractivity contribution < 1.29 is 0 Å². The number of rotatable bonds is 4. The highest BCUT2D eigenvalue weighted by atomic mass is 14.5. The van der Waals surface area contributed by atoms with Gasteiger partial charge in [-0.05, 0) is 32.7 Å². The summed E-state index contributed by atoms with van der Waals surface area (Å²) in [5.74, 6) is 0. The van der Waals surface area contributed by atoms with Gasteiger partial charge in [0.1, 0.15) is 0 Å². The van der Waals surface area contributed by atoms with Crippen LogP contribution in [-0.4, -0.2) is 6.54 Å². The third-order valence-corrected chi connectivity index (χ3v) is 1.06. The van der Waals surface area contributed by atoms with E-state index in [9.17, 15) is 0 Å². The summed E-state index contributed by atoms with van der Waals surface area (Å²) in [6, 6.07) is 0. The minimum atomic E-state index is 0.831. The number of nitrogens with two attached hydrogens (primary N) is 1. The van der Waals surface area contributed by atoms with Crippen LogP contribution in [0.2, 0.25) is 0 Å². The second-order valence-electron chi connectivity index (χ2n) is 1.85. The largest absolute Gasteiger partial charge is 0.330 e. The van der Waals surface area contributed by atoms with Crippen molar-refractivity contribution in [2.45, 2.75) is 26.2 Å². The first kappa shape index (κ1) is 7.70. The van der Waals surface area contributed by atoms with E-state index in [1.54, 1.807) is 0 Å². The summed E-state index contributed by atoms with van der Waals surface area (Å²) in [4.78, 5) is 0. The summed E-state index contributed by atoms with van der Waals surface area (Å²) in [5, 5.41) is 0. The Bertz CT molecular complexity index is 57.4. The van der Waals surface area contributed by atoms with Crippen LogP contribution in [0.3, 0.4) is 0 Å². The Labute approximate surface area is 51.6 Å². The number of hydrogen-bond acceptors (Lipinski definition) is 1. The van der Waals surface area contributed by atoms with Crippen molar-refractivity contribution >= 4 is 0 Å². The molecule has 2 N–H and O–H groups in total. The molecule has 8 heavy (non-hydrogen) atoms. The van der Waals surface area contributed by atoms with E-state index in [4.69, 9.17) is 5.73 Å². The molecule has 0 amide bonds. The monoisotopic (exact) mass is 113 g/mol. The lowest BCUT2D eigenvalue weighted by molar-refractivity contribution is 0.758. The minimum Gasteiger partial charge on any atom is -0.330 e. The van der Waals surface area contributed by atoms with Crippen molar-refractivity contribution in [3.05, 3.63) is 12.2 Å². The molecule has 0 aromatic carbocycles. The Morgan fingerprint density at radius 3 is 2.62 bits per heavy atom. The molecule has 48 valence electrons. The molecule has 1 nitrogen and oxygen atoms in total. The van der Waals surface area contributed by atoms with Gasteiger partial charge < -0.3 is 5.73 Å². The fourth-order valence-electron chi connectivity index (χ4n) is 0.573. The first-order valence-corrected chi connectivity index (χ1v) is 3.23. The minimum absolute atomic E-state index is 0.831. The standard InChI is InChI=1S/C7H15N/c1-2-3-4-5-6-7-8/h2-3H,4-8H2,1H3/b3-2+. The smallest absolute Gasteiger partial charge is 0.00772 e. The molecule has 0 aliphatic rings. The highest BCUT2D eigenvalue weighted by molar-refractivity contribution is 4.76. The molecular formula is C7H15N. The van der Waals surface area contributed by atoms with Crippen LogP contribution in [0.1, 0.15) is 26.2 Å². The van der Waals surface area contributed by atoms with Crippen molar-refractivity contribution in [3.63, 3.8) is 0 Å². The van der Waals surface area contributed by atoms with Crippen LogP contribution in [0.15, 0.2) is 12.2 Å². The lowest BCUT2D eigenvalue weighted by atomic mass is 10.2. The van der Waals surface area contributed by atoms with Gasteiger partial charge in [0.25, 0.3) is 0 Å². The molecule has 0 atom stereocenters. The maximum atomic E-state index is 5.29. The van der Waals surface area contributed by atoms with Gasteiger partial charge in [-0.15, -0.1) is 0 Å². The quantitative estimate of drug-likeness (QED) is 0.435. The molecular weight excluding hydrogens is 98.1 g/mol. The zero-order valence-electron chi connectivity index (χ0n) is 5.56. The van der Waals surface area contributed by atoms with E-state index in [1.165, 1.54) is 12.8 Å². The predicted molar refractivity (Wildman–Crippen MR) is 37.7 cm³/mol. The van der Waals surface area contributed by atoms with Crippen molar-refractivity contribution in [2.75, 3.05) is 6.54 Å². The first-order chi connectivity index (χ1) is 3.91. The SMILES string of the molecule is C/C=C/CCCCN. The van der Waals surface area contributed by atoms with E-state index >= 15 is 0 Å². The summed E-state index contributed by atoms with van der Waals surface area (Å²) in [5.41, 5.74) is 5.29. The maximum Gasteiger partial charge on any atom is -0.00772 e. The van der Waals surface area contributed by atoms with E-state index in [-0.39, 0.29) is 0 Å². The van der Waals surface area contributed by atoms with Crippen LogP contribution in [0.25, 0.3) is 0 Å². The van der Waals surface area contributed by atoms with E-state index in [0.717, 1.165) is 13.0 Å². The maximum absolute atomic E-state index is 5.29. The first-order valence-electron chi connectivity index (χ1n) is 3.23. The van der Waals surface area contributed by atoms with Crippen molar-refractivity contribution in [3.8, 4) is 0 Å². The van der Waals surface area contributed by atoms with Gasteiger partial charge in [0.15, 0.2) is 0 Å².